The lowest BCUT2D eigenvalue weighted by molar-refractivity contribution is 0.624. The van der Waals surface area contributed by atoms with Gasteiger partial charge in [0.25, 0.3) is 0 Å². The molecular weight excluding hydrogens is 153 g/mol. The molecule has 0 radical (unpaired) electrons. The van der Waals surface area contributed by atoms with Crippen LogP contribution in [0, 0.1) is 12.7 Å². The molecule has 2 heteroatoms. The van der Waals surface area contributed by atoms with E-state index < -0.39 is 0 Å². The highest BCUT2D eigenvalue weighted by Gasteiger charge is 1.96. The standard InChI is InChI=1S/C10H12FN/c1-8-4-5-9(3-2-6-12)10(11)7-8/h2-5,7H,6,12H2,1H3/b3-2+. The molecule has 0 atom stereocenters. The van der Waals surface area contributed by atoms with Gasteiger partial charge in [0.05, 0.1) is 0 Å². The highest BCUT2D eigenvalue weighted by atomic mass is 19.1. The van der Waals surface area contributed by atoms with Gasteiger partial charge in [-0.1, -0.05) is 24.3 Å². The van der Waals surface area contributed by atoms with Crippen molar-refractivity contribution in [1.82, 2.24) is 0 Å². The molecule has 1 aromatic carbocycles. The minimum Gasteiger partial charge on any atom is -0.327 e. The zero-order chi connectivity index (χ0) is 8.97. The molecule has 0 saturated heterocycles. The fraction of sp³-hybridized carbons (Fsp3) is 0.200. The first-order valence-electron chi connectivity index (χ1n) is 3.87. The van der Waals surface area contributed by atoms with Crippen LogP contribution < -0.4 is 5.73 Å². The summed E-state index contributed by atoms with van der Waals surface area (Å²) in [6, 6.07) is 5.13. The molecule has 0 saturated carbocycles. The number of nitrogens with two attached hydrogens (primary N) is 1. The SMILES string of the molecule is Cc1ccc(/C=C/CN)c(F)c1. The molecule has 1 rings (SSSR count). The molecule has 1 nitrogen and oxygen atoms in total. The average molecular weight is 165 g/mol. The summed E-state index contributed by atoms with van der Waals surface area (Å²) in [7, 11) is 0. The molecule has 0 aromatic heterocycles. The molecule has 0 aliphatic carbocycles. The zero-order valence-electron chi connectivity index (χ0n) is 7.05. The summed E-state index contributed by atoms with van der Waals surface area (Å²) in [6.07, 6.45) is 3.42. The van der Waals surface area contributed by atoms with Crippen molar-refractivity contribution in [2.75, 3.05) is 6.54 Å². The molecule has 1 aromatic rings. The Hall–Kier alpha value is -1.15. The van der Waals surface area contributed by atoms with Gasteiger partial charge in [-0.3, -0.25) is 0 Å². The first-order chi connectivity index (χ1) is 5.74. The van der Waals surface area contributed by atoms with E-state index in [1.54, 1.807) is 18.2 Å². The molecule has 0 fully saturated rings. The number of rotatable bonds is 2. The van der Waals surface area contributed by atoms with Gasteiger partial charge in [0.1, 0.15) is 5.82 Å². The molecule has 64 valence electrons. The molecule has 0 heterocycles. The van der Waals surface area contributed by atoms with Crippen molar-refractivity contribution in [3.8, 4) is 0 Å². The van der Waals surface area contributed by atoms with E-state index in [1.807, 2.05) is 13.0 Å². The van der Waals surface area contributed by atoms with E-state index in [2.05, 4.69) is 0 Å². The van der Waals surface area contributed by atoms with Crippen LogP contribution in [0.25, 0.3) is 6.08 Å². The van der Waals surface area contributed by atoms with Crippen LogP contribution in [0.4, 0.5) is 4.39 Å². The topological polar surface area (TPSA) is 26.0 Å². The van der Waals surface area contributed by atoms with E-state index >= 15 is 0 Å². The van der Waals surface area contributed by atoms with Crippen LogP contribution in [-0.4, -0.2) is 6.54 Å². The lowest BCUT2D eigenvalue weighted by atomic mass is 10.1. The van der Waals surface area contributed by atoms with E-state index in [0.29, 0.717) is 12.1 Å². The maximum Gasteiger partial charge on any atom is 0.130 e. The van der Waals surface area contributed by atoms with Gasteiger partial charge in [-0.25, -0.2) is 4.39 Å². The predicted molar refractivity (Wildman–Crippen MR) is 49.2 cm³/mol. The third kappa shape index (κ3) is 2.17. The van der Waals surface area contributed by atoms with Gasteiger partial charge >= 0.3 is 0 Å². The van der Waals surface area contributed by atoms with E-state index in [4.69, 9.17) is 5.73 Å². The van der Waals surface area contributed by atoms with Crippen LogP contribution in [0.1, 0.15) is 11.1 Å². The Labute approximate surface area is 71.7 Å². The van der Waals surface area contributed by atoms with Gasteiger partial charge in [-0.05, 0) is 18.6 Å². The Morgan fingerprint density at radius 1 is 1.50 bits per heavy atom. The molecule has 2 N–H and O–H groups in total. The summed E-state index contributed by atoms with van der Waals surface area (Å²) in [6.45, 7) is 2.30. The molecule has 0 amide bonds. The first-order valence-corrected chi connectivity index (χ1v) is 3.87. The van der Waals surface area contributed by atoms with Crippen LogP contribution in [0.15, 0.2) is 24.3 Å². The quantitative estimate of drug-likeness (QED) is 0.713. The summed E-state index contributed by atoms with van der Waals surface area (Å²) in [4.78, 5) is 0. The summed E-state index contributed by atoms with van der Waals surface area (Å²) in [5.74, 6) is -0.195. The molecule has 0 spiro atoms. The van der Waals surface area contributed by atoms with E-state index in [0.717, 1.165) is 5.56 Å². The third-order valence-electron chi connectivity index (χ3n) is 1.59. The second kappa shape index (κ2) is 4.02. The monoisotopic (exact) mass is 165 g/mol. The van der Waals surface area contributed by atoms with Crippen molar-refractivity contribution >= 4 is 6.08 Å². The van der Waals surface area contributed by atoms with Gasteiger partial charge in [0.2, 0.25) is 0 Å². The Balaban J connectivity index is 2.94. The predicted octanol–water partition coefficient (Wildman–Crippen LogP) is 2.11. The van der Waals surface area contributed by atoms with E-state index in [9.17, 15) is 4.39 Å². The second-order valence-electron chi connectivity index (χ2n) is 2.66. The number of aryl methyl sites for hydroxylation is 1. The van der Waals surface area contributed by atoms with Crippen molar-refractivity contribution in [1.29, 1.82) is 0 Å². The van der Waals surface area contributed by atoms with Crippen LogP contribution in [0.3, 0.4) is 0 Å². The lowest BCUT2D eigenvalue weighted by Crippen LogP contribution is -1.92. The van der Waals surface area contributed by atoms with Gasteiger partial charge in [0.15, 0.2) is 0 Å². The van der Waals surface area contributed by atoms with Crippen molar-refractivity contribution in [2.45, 2.75) is 6.92 Å². The molecule has 12 heavy (non-hydrogen) atoms. The molecule has 0 bridgehead atoms. The lowest BCUT2D eigenvalue weighted by Gasteiger charge is -1.97. The fourth-order valence-corrected chi connectivity index (χ4v) is 0.962. The molecule has 0 aliphatic rings. The largest absolute Gasteiger partial charge is 0.327 e. The van der Waals surface area contributed by atoms with Crippen LogP contribution >= 0.6 is 0 Å². The number of halogens is 1. The van der Waals surface area contributed by atoms with Crippen LogP contribution in [0.5, 0.6) is 0 Å². The van der Waals surface area contributed by atoms with Gasteiger partial charge < -0.3 is 5.73 Å². The van der Waals surface area contributed by atoms with Crippen LogP contribution in [0.2, 0.25) is 0 Å². The number of hydrogen-bond acceptors (Lipinski definition) is 1. The summed E-state index contributed by atoms with van der Waals surface area (Å²) < 4.78 is 13.1. The minimum absolute atomic E-state index is 0.195. The normalized spacial score (nSPS) is 10.9. The van der Waals surface area contributed by atoms with Crippen molar-refractivity contribution in [3.05, 3.63) is 41.2 Å². The fourth-order valence-electron chi connectivity index (χ4n) is 0.962. The van der Waals surface area contributed by atoms with Crippen molar-refractivity contribution in [3.63, 3.8) is 0 Å². The summed E-state index contributed by atoms with van der Waals surface area (Å²) >= 11 is 0. The molecular formula is C10H12FN. The average Bonchev–Trinajstić information content (AvgIpc) is 2.03. The van der Waals surface area contributed by atoms with Gasteiger partial charge in [-0.15, -0.1) is 0 Å². The smallest absolute Gasteiger partial charge is 0.130 e. The van der Waals surface area contributed by atoms with Crippen LogP contribution in [-0.2, 0) is 0 Å². The maximum atomic E-state index is 13.1. The Morgan fingerprint density at radius 2 is 2.25 bits per heavy atom. The third-order valence-corrected chi connectivity index (χ3v) is 1.59. The van der Waals surface area contributed by atoms with Gasteiger partial charge in [-0.2, -0.15) is 0 Å². The Kier molecular flexibility index (Phi) is 3.00. The number of hydrogen-bond donors (Lipinski definition) is 1. The van der Waals surface area contributed by atoms with Gasteiger partial charge in [0, 0.05) is 12.1 Å². The molecule has 0 aliphatic heterocycles. The highest BCUT2D eigenvalue weighted by Crippen LogP contribution is 2.10. The maximum absolute atomic E-state index is 13.1. The second-order valence-corrected chi connectivity index (χ2v) is 2.66. The van der Waals surface area contributed by atoms with E-state index in [-0.39, 0.29) is 5.82 Å². The Bertz CT molecular complexity index is 292. The van der Waals surface area contributed by atoms with E-state index in [1.165, 1.54) is 6.07 Å². The van der Waals surface area contributed by atoms with Crippen molar-refractivity contribution < 1.29 is 4.39 Å². The summed E-state index contributed by atoms with van der Waals surface area (Å²) in [5.41, 5.74) is 6.76. The summed E-state index contributed by atoms with van der Waals surface area (Å²) in [5, 5.41) is 0. The van der Waals surface area contributed by atoms with Crippen molar-refractivity contribution in [2.24, 2.45) is 5.73 Å². The number of benzene rings is 1. The first kappa shape index (κ1) is 8.94. The minimum atomic E-state index is -0.195. The highest BCUT2D eigenvalue weighted by molar-refractivity contribution is 5.50. The Morgan fingerprint density at radius 3 is 2.83 bits per heavy atom. The molecule has 0 unspecified atom stereocenters. The zero-order valence-corrected chi connectivity index (χ0v) is 7.05.